The normalized spacial score (nSPS) is 19.2. The average Bonchev–Trinajstić information content (AvgIpc) is 2.10. The molecule has 0 fully saturated rings. The van der Waals surface area contributed by atoms with Crippen LogP contribution in [0.5, 0.6) is 0 Å². The highest BCUT2D eigenvalue weighted by Crippen LogP contribution is 2.59. The fraction of sp³-hybridized carbons (Fsp3) is 1.00. The Balaban J connectivity index is 4.74. The first-order valence-corrected chi connectivity index (χ1v) is 7.42. The molecule has 1 N–H and O–H groups in total. The molecule has 0 rings (SSSR count). The zero-order valence-electron chi connectivity index (χ0n) is 7.67. The topological polar surface area (TPSA) is 55.8 Å². The van der Waals surface area contributed by atoms with Crippen molar-refractivity contribution >= 4 is 77.2 Å². The van der Waals surface area contributed by atoms with Crippen LogP contribution < -0.4 is 0 Å². The molecule has 0 aromatic rings. The van der Waals surface area contributed by atoms with Gasteiger partial charge in [-0.3, -0.25) is 4.57 Å². The van der Waals surface area contributed by atoms with Crippen LogP contribution in [0.1, 0.15) is 0 Å². The molecule has 0 amide bonds. The molecule has 0 aromatic carbocycles. The fourth-order valence-electron chi connectivity index (χ4n) is 0.566. The van der Waals surface area contributed by atoms with Gasteiger partial charge in [-0.15, -0.1) is 0 Å². The van der Waals surface area contributed by atoms with E-state index < -0.39 is 27.6 Å². The van der Waals surface area contributed by atoms with Gasteiger partial charge in [0.1, 0.15) is 6.61 Å². The molecular formula is C5H7Cl6O4P. The summed E-state index contributed by atoms with van der Waals surface area (Å²) in [6.07, 6.45) is 0. The molecule has 98 valence electrons. The van der Waals surface area contributed by atoms with Crippen LogP contribution in [0.2, 0.25) is 0 Å². The number of alkyl halides is 6. The van der Waals surface area contributed by atoms with Crippen molar-refractivity contribution in [3.8, 4) is 0 Å². The third-order valence-corrected chi connectivity index (χ3v) is 4.64. The van der Waals surface area contributed by atoms with E-state index in [4.69, 9.17) is 69.6 Å². The van der Waals surface area contributed by atoms with Gasteiger partial charge in [-0.25, -0.2) is 0 Å². The Kier molecular flexibility index (Phi) is 7.07. The Hall–Kier alpha value is 1.85. The standard InChI is InChI=1S/C5H7Cl6O4P/c1-14-16(13,3(12)5(9,10)11)15-2-4(6,7)8/h3,12H,2H2,1H3. The molecule has 0 spiro atoms. The number of halogens is 6. The summed E-state index contributed by atoms with van der Waals surface area (Å²) in [5.41, 5.74) is 0. The first-order valence-electron chi connectivity index (χ1n) is 3.54. The van der Waals surface area contributed by atoms with Gasteiger partial charge in [0.2, 0.25) is 13.4 Å². The summed E-state index contributed by atoms with van der Waals surface area (Å²) in [5, 5.41) is 9.46. The highest BCUT2D eigenvalue weighted by Gasteiger charge is 2.48. The van der Waals surface area contributed by atoms with Gasteiger partial charge < -0.3 is 14.2 Å². The molecule has 0 aliphatic rings. The summed E-state index contributed by atoms with van der Waals surface area (Å²) in [4.78, 5) is 0. The number of hydrogen-bond acceptors (Lipinski definition) is 4. The van der Waals surface area contributed by atoms with Crippen LogP contribution in [0.25, 0.3) is 0 Å². The summed E-state index contributed by atoms with van der Waals surface area (Å²) in [7, 11) is -3.10. The Morgan fingerprint density at radius 3 is 1.94 bits per heavy atom. The van der Waals surface area contributed by atoms with Gasteiger partial charge in [-0.2, -0.15) is 0 Å². The lowest BCUT2D eigenvalue weighted by Gasteiger charge is -2.27. The van der Waals surface area contributed by atoms with Crippen molar-refractivity contribution in [2.24, 2.45) is 0 Å². The lowest BCUT2D eigenvalue weighted by molar-refractivity contribution is 0.160. The minimum atomic E-state index is -4.10. The van der Waals surface area contributed by atoms with Gasteiger partial charge in [0.05, 0.1) is 0 Å². The van der Waals surface area contributed by atoms with E-state index in [1.165, 1.54) is 0 Å². The van der Waals surface area contributed by atoms with Crippen LogP contribution in [0.3, 0.4) is 0 Å². The lowest BCUT2D eigenvalue weighted by atomic mass is 10.8. The quantitative estimate of drug-likeness (QED) is 0.599. The molecule has 2 atom stereocenters. The second kappa shape index (κ2) is 6.33. The van der Waals surface area contributed by atoms with Crippen LogP contribution in [0.15, 0.2) is 0 Å². The van der Waals surface area contributed by atoms with Crippen LogP contribution in [0.4, 0.5) is 0 Å². The highest BCUT2D eigenvalue weighted by molar-refractivity contribution is 7.55. The zero-order valence-corrected chi connectivity index (χ0v) is 13.1. The van der Waals surface area contributed by atoms with Gasteiger partial charge in [-0.05, 0) is 0 Å². The van der Waals surface area contributed by atoms with E-state index in [2.05, 4.69) is 9.05 Å². The van der Waals surface area contributed by atoms with Crippen molar-refractivity contribution in [1.29, 1.82) is 0 Å². The second-order valence-electron chi connectivity index (χ2n) is 2.53. The molecule has 0 heterocycles. The monoisotopic (exact) mass is 372 g/mol. The largest absolute Gasteiger partial charge is 0.377 e. The Bertz CT molecular complexity index is 273. The smallest absolute Gasteiger partial charge is 0.363 e. The molecule has 2 unspecified atom stereocenters. The first kappa shape index (κ1) is 17.8. The Labute approximate surface area is 123 Å². The Morgan fingerprint density at radius 2 is 1.69 bits per heavy atom. The third kappa shape index (κ3) is 6.14. The molecule has 0 saturated carbocycles. The number of hydrogen-bond donors (Lipinski definition) is 1. The van der Waals surface area contributed by atoms with E-state index in [1.807, 2.05) is 0 Å². The maximum atomic E-state index is 11.9. The van der Waals surface area contributed by atoms with E-state index >= 15 is 0 Å². The van der Waals surface area contributed by atoms with Crippen LogP contribution in [0, 0.1) is 0 Å². The molecule has 4 nitrogen and oxygen atoms in total. The molecule has 0 aromatic heterocycles. The van der Waals surface area contributed by atoms with Crippen molar-refractivity contribution in [3.05, 3.63) is 0 Å². The maximum absolute atomic E-state index is 11.9. The predicted molar refractivity (Wildman–Crippen MR) is 67.2 cm³/mol. The first-order chi connectivity index (χ1) is 6.92. The van der Waals surface area contributed by atoms with Gasteiger partial charge in [0.25, 0.3) is 0 Å². The van der Waals surface area contributed by atoms with Crippen molar-refractivity contribution < 1.29 is 18.7 Å². The SMILES string of the molecule is COP(=O)(OCC(Cl)(Cl)Cl)C(O)C(Cl)(Cl)Cl. The fourth-order valence-corrected chi connectivity index (χ4v) is 3.21. The third-order valence-electron chi connectivity index (χ3n) is 1.25. The summed E-state index contributed by atoms with van der Waals surface area (Å²) >= 11 is 32.1. The lowest BCUT2D eigenvalue weighted by Crippen LogP contribution is -2.28. The van der Waals surface area contributed by atoms with Crippen LogP contribution in [-0.2, 0) is 13.6 Å². The molecule has 0 radical (unpaired) electrons. The van der Waals surface area contributed by atoms with Crippen molar-refractivity contribution in [3.63, 3.8) is 0 Å². The number of rotatable bonds is 4. The van der Waals surface area contributed by atoms with Crippen molar-refractivity contribution in [2.45, 2.75) is 13.4 Å². The van der Waals surface area contributed by atoms with Crippen molar-refractivity contribution in [2.75, 3.05) is 13.7 Å². The molecule has 16 heavy (non-hydrogen) atoms. The summed E-state index contributed by atoms with van der Waals surface area (Å²) < 4.78 is 16.9. The predicted octanol–water partition coefficient (Wildman–Crippen LogP) is 3.90. The average molecular weight is 375 g/mol. The molecule has 11 heteroatoms. The summed E-state index contributed by atoms with van der Waals surface area (Å²) in [6, 6.07) is 0. The molecular weight excluding hydrogens is 368 g/mol. The van der Waals surface area contributed by atoms with Crippen molar-refractivity contribution in [1.82, 2.24) is 0 Å². The van der Waals surface area contributed by atoms with Gasteiger partial charge >= 0.3 is 7.60 Å². The maximum Gasteiger partial charge on any atom is 0.363 e. The Morgan fingerprint density at radius 1 is 1.25 bits per heavy atom. The van der Waals surface area contributed by atoms with E-state index in [9.17, 15) is 9.67 Å². The number of aliphatic hydroxyl groups is 1. The van der Waals surface area contributed by atoms with Crippen LogP contribution in [-0.4, -0.2) is 32.3 Å². The van der Waals surface area contributed by atoms with Gasteiger partial charge in [0.15, 0.2) is 0 Å². The van der Waals surface area contributed by atoms with Gasteiger partial charge in [0, 0.05) is 7.11 Å². The zero-order chi connectivity index (χ0) is 13.2. The molecule has 0 bridgehead atoms. The summed E-state index contributed by atoms with van der Waals surface area (Å²) in [5.74, 6) is -2.00. The van der Waals surface area contributed by atoms with E-state index in [1.54, 1.807) is 0 Å². The van der Waals surface area contributed by atoms with E-state index in [-0.39, 0.29) is 0 Å². The minimum Gasteiger partial charge on any atom is -0.377 e. The molecule has 0 aliphatic carbocycles. The van der Waals surface area contributed by atoms with Gasteiger partial charge in [-0.1, -0.05) is 69.6 Å². The van der Waals surface area contributed by atoms with E-state index in [0.717, 1.165) is 7.11 Å². The second-order valence-corrected chi connectivity index (χ2v) is 9.60. The van der Waals surface area contributed by atoms with E-state index in [0.29, 0.717) is 0 Å². The van der Waals surface area contributed by atoms with Crippen LogP contribution >= 0.6 is 77.2 Å². The summed E-state index contributed by atoms with van der Waals surface area (Å²) in [6.45, 7) is -0.597. The minimum absolute atomic E-state index is 0.597. The molecule has 0 saturated heterocycles. The molecule has 0 aliphatic heterocycles. The number of aliphatic hydroxyl groups excluding tert-OH is 1. The highest BCUT2D eigenvalue weighted by atomic mass is 35.6.